The maximum atomic E-state index is 4.54. The molecular formula is C16H18N4S. The lowest BCUT2D eigenvalue weighted by Gasteiger charge is -2.09. The number of benzene rings is 1. The van der Waals surface area contributed by atoms with Crippen LogP contribution < -0.4 is 10.6 Å². The number of nitrogens with one attached hydrogen (secondary N) is 2. The lowest BCUT2D eigenvalue weighted by molar-refractivity contribution is 1.10. The third-order valence-electron chi connectivity index (χ3n) is 3.28. The molecule has 3 aromatic rings. The zero-order chi connectivity index (χ0) is 14.8. The molecule has 1 aromatic carbocycles. The van der Waals surface area contributed by atoms with Gasteiger partial charge in [-0.1, -0.05) is 29.8 Å². The van der Waals surface area contributed by atoms with Crippen molar-refractivity contribution in [2.75, 3.05) is 17.7 Å². The molecule has 21 heavy (non-hydrogen) atoms. The maximum absolute atomic E-state index is 4.54. The molecule has 0 spiro atoms. The monoisotopic (exact) mass is 298 g/mol. The first-order chi connectivity index (χ1) is 10.2. The number of anilines is 2. The summed E-state index contributed by atoms with van der Waals surface area (Å²) in [4.78, 5) is 11.3. The van der Waals surface area contributed by atoms with E-state index in [9.17, 15) is 0 Å². The SMILES string of the molecule is CNc1nc(NCc2cccc(C)c2)c2cc(C)sc2n1. The van der Waals surface area contributed by atoms with E-state index in [4.69, 9.17) is 0 Å². The topological polar surface area (TPSA) is 49.8 Å². The van der Waals surface area contributed by atoms with E-state index >= 15 is 0 Å². The van der Waals surface area contributed by atoms with Crippen LogP contribution in [-0.4, -0.2) is 17.0 Å². The molecule has 2 aromatic heterocycles. The Morgan fingerprint density at radius 3 is 2.76 bits per heavy atom. The van der Waals surface area contributed by atoms with Crippen molar-refractivity contribution in [3.63, 3.8) is 0 Å². The van der Waals surface area contributed by atoms with Crippen LogP contribution in [0.1, 0.15) is 16.0 Å². The Bertz CT molecular complexity index is 779. The number of rotatable bonds is 4. The molecular weight excluding hydrogens is 280 g/mol. The van der Waals surface area contributed by atoms with E-state index in [1.165, 1.54) is 16.0 Å². The van der Waals surface area contributed by atoms with Gasteiger partial charge in [0, 0.05) is 18.5 Å². The summed E-state index contributed by atoms with van der Waals surface area (Å²) in [6.45, 7) is 4.95. The van der Waals surface area contributed by atoms with Crippen molar-refractivity contribution in [2.24, 2.45) is 0 Å². The summed E-state index contributed by atoms with van der Waals surface area (Å²) < 4.78 is 0. The smallest absolute Gasteiger partial charge is 0.225 e. The van der Waals surface area contributed by atoms with Crippen molar-refractivity contribution in [2.45, 2.75) is 20.4 Å². The standard InChI is InChI=1S/C16H18N4S/c1-10-5-4-6-12(7-10)9-18-14-13-8-11(2)21-15(13)20-16(17-3)19-14/h4-8H,9H2,1-3H3,(H2,17,18,19,20). The van der Waals surface area contributed by atoms with Gasteiger partial charge < -0.3 is 10.6 Å². The molecule has 3 rings (SSSR count). The van der Waals surface area contributed by atoms with Gasteiger partial charge in [-0.05, 0) is 25.5 Å². The quantitative estimate of drug-likeness (QED) is 0.765. The number of aryl methyl sites for hydroxylation is 2. The van der Waals surface area contributed by atoms with E-state index in [0.29, 0.717) is 5.95 Å². The summed E-state index contributed by atoms with van der Waals surface area (Å²) in [5, 5.41) is 7.54. The van der Waals surface area contributed by atoms with Crippen molar-refractivity contribution in [3.8, 4) is 0 Å². The van der Waals surface area contributed by atoms with Gasteiger partial charge in [-0.25, -0.2) is 4.98 Å². The highest BCUT2D eigenvalue weighted by Gasteiger charge is 2.09. The van der Waals surface area contributed by atoms with Crippen LogP contribution in [0.3, 0.4) is 0 Å². The van der Waals surface area contributed by atoms with Crippen LogP contribution in [0, 0.1) is 13.8 Å². The summed E-state index contributed by atoms with van der Waals surface area (Å²) >= 11 is 1.69. The highest BCUT2D eigenvalue weighted by Crippen LogP contribution is 2.29. The van der Waals surface area contributed by atoms with Gasteiger partial charge in [0.1, 0.15) is 10.6 Å². The first-order valence-corrected chi connectivity index (χ1v) is 7.72. The van der Waals surface area contributed by atoms with E-state index < -0.39 is 0 Å². The molecule has 2 heterocycles. The zero-order valence-corrected chi connectivity index (χ0v) is 13.2. The summed E-state index contributed by atoms with van der Waals surface area (Å²) in [5.74, 6) is 1.53. The van der Waals surface area contributed by atoms with Crippen LogP contribution in [0.25, 0.3) is 10.2 Å². The van der Waals surface area contributed by atoms with Gasteiger partial charge in [0.15, 0.2) is 0 Å². The normalized spacial score (nSPS) is 10.8. The fourth-order valence-corrected chi connectivity index (χ4v) is 3.18. The largest absolute Gasteiger partial charge is 0.365 e. The minimum Gasteiger partial charge on any atom is -0.365 e. The minimum absolute atomic E-state index is 0.649. The number of nitrogens with zero attached hydrogens (tertiary/aromatic N) is 2. The summed E-state index contributed by atoms with van der Waals surface area (Å²) in [6.07, 6.45) is 0. The third-order valence-corrected chi connectivity index (χ3v) is 4.23. The van der Waals surface area contributed by atoms with Gasteiger partial charge in [0.05, 0.1) is 5.39 Å². The van der Waals surface area contributed by atoms with Crippen LogP contribution in [0.15, 0.2) is 30.3 Å². The number of hydrogen-bond acceptors (Lipinski definition) is 5. The van der Waals surface area contributed by atoms with E-state index in [2.05, 4.69) is 64.8 Å². The molecule has 0 unspecified atom stereocenters. The average Bonchev–Trinajstić information content (AvgIpc) is 2.85. The van der Waals surface area contributed by atoms with Gasteiger partial charge in [0.25, 0.3) is 0 Å². The zero-order valence-electron chi connectivity index (χ0n) is 12.4. The molecule has 4 nitrogen and oxygen atoms in total. The first-order valence-electron chi connectivity index (χ1n) is 6.91. The molecule has 2 N–H and O–H groups in total. The minimum atomic E-state index is 0.649. The predicted molar refractivity (Wildman–Crippen MR) is 90.2 cm³/mol. The molecule has 0 aliphatic carbocycles. The number of fused-ring (bicyclic) bond motifs is 1. The van der Waals surface area contributed by atoms with E-state index in [1.54, 1.807) is 11.3 Å². The molecule has 0 bridgehead atoms. The van der Waals surface area contributed by atoms with Gasteiger partial charge in [-0.3, -0.25) is 0 Å². The third kappa shape index (κ3) is 2.97. The number of hydrogen-bond donors (Lipinski definition) is 2. The van der Waals surface area contributed by atoms with Crippen LogP contribution >= 0.6 is 11.3 Å². The van der Waals surface area contributed by atoms with Crippen LogP contribution in [-0.2, 0) is 6.54 Å². The lowest BCUT2D eigenvalue weighted by atomic mass is 10.1. The molecule has 5 heteroatoms. The highest BCUT2D eigenvalue weighted by atomic mass is 32.1. The van der Waals surface area contributed by atoms with Crippen molar-refractivity contribution >= 4 is 33.3 Å². The van der Waals surface area contributed by atoms with E-state index in [1.807, 2.05) is 7.05 Å². The molecule has 108 valence electrons. The van der Waals surface area contributed by atoms with Gasteiger partial charge >= 0.3 is 0 Å². The molecule has 0 amide bonds. The van der Waals surface area contributed by atoms with Crippen molar-refractivity contribution in [1.82, 2.24) is 9.97 Å². The predicted octanol–water partition coefficient (Wildman–Crippen LogP) is 3.96. The average molecular weight is 298 g/mol. The van der Waals surface area contributed by atoms with Crippen molar-refractivity contribution in [1.29, 1.82) is 0 Å². The second kappa shape index (κ2) is 5.69. The number of aromatic nitrogens is 2. The Labute approximate surface area is 128 Å². The highest BCUT2D eigenvalue weighted by molar-refractivity contribution is 7.18. The van der Waals surface area contributed by atoms with Gasteiger partial charge in [0.2, 0.25) is 5.95 Å². The van der Waals surface area contributed by atoms with Crippen LogP contribution in [0.2, 0.25) is 0 Å². The second-order valence-corrected chi connectivity index (χ2v) is 6.30. The molecule has 0 saturated heterocycles. The summed E-state index contributed by atoms with van der Waals surface area (Å²) in [6, 6.07) is 10.6. The molecule has 0 atom stereocenters. The summed E-state index contributed by atoms with van der Waals surface area (Å²) in [5.41, 5.74) is 2.52. The molecule has 0 saturated carbocycles. The van der Waals surface area contributed by atoms with E-state index in [0.717, 1.165) is 22.6 Å². The Kier molecular flexibility index (Phi) is 3.75. The van der Waals surface area contributed by atoms with Gasteiger partial charge in [-0.15, -0.1) is 11.3 Å². The van der Waals surface area contributed by atoms with Crippen LogP contribution in [0.4, 0.5) is 11.8 Å². The molecule has 0 aliphatic heterocycles. The van der Waals surface area contributed by atoms with Crippen LogP contribution in [0.5, 0.6) is 0 Å². The summed E-state index contributed by atoms with van der Waals surface area (Å²) in [7, 11) is 1.84. The maximum Gasteiger partial charge on any atom is 0.225 e. The fourth-order valence-electron chi connectivity index (χ4n) is 2.30. The fraction of sp³-hybridized carbons (Fsp3) is 0.250. The Morgan fingerprint density at radius 2 is 2.00 bits per heavy atom. The molecule has 0 radical (unpaired) electrons. The van der Waals surface area contributed by atoms with Crippen molar-refractivity contribution < 1.29 is 0 Å². The Balaban J connectivity index is 1.92. The van der Waals surface area contributed by atoms with Crippen molar-refractivity contribution in [3.05, 3.63) is 46.3 Å². The Morgan fingerprint density at radius 1 is 1.14 bits per heavy atom. The van der Waals surface area contributed by atoms with E-state index in [-0.39, 0.29) is 0 Å². The first kappa shape index (κ1) is 13.8. The lowest BCUT2D eigenvalue weighted by Crippen LogP contribution is -2.05. The Hall–Kier alpha value is -2.14. The number of thiophene rings is 1. The molecule has 0 fully saturated rings. The molecule has 0 aliphatic rings. The second-order valence-electron chi connectivity index (χ2n) is 5.06. The van der Waals surface area contributed by atoms with Gasteiger partial charge in [-0.2, -0.15) is 4.98 Å².